The summed E-state index contributed by atoms with van der Waals surface area (Å²) in [5, 5.41) is 7.51. The number of amides is 1. The van der Waals surface area contributed by atoms with Crippen LogP contribution in [0, 0.1) is 6.92 Å². The Morgan fingerprint density at radius 3 is 1.85 bits per heavy atom. The van der Waals surface area contributed by atoms with Gasteiger partial charge in [-0.15, -0.1) is 0 Å². The Morgan fingerprint density at radius 2 is 1.28 bits per heavy atom. The molecule has 1 aromatic heterocycles. The molecule has 0 radical (unpaired) electrons. The Morgan fingerprint density at radius 1 is 0.739 bits per heavy atom. The monoisotopic (exact) mass is 613 g/mol. The van der Waals surface area contributed by atoms with Gasteiger partial charge in [0.1, 0.15) is 11.6 Å². The zero-order valence-corrected chi connectivity index (χ0v) is 27.8. The highest BCUT2D eigenvalue weighted by Gasteiger charge is 2.27. The normalized spacial score (nSPS) is 12.4. The summed E-state index contributed by atoms with van der Waals surface area (Å²) in [6.45, 7) is 13.9. The zero-order chi connectivity index (χ0) is 33.1. The van der Waals surface area contributed by atoms with Crippen molar-refractivity contribution in [2.24, 2.45) is 0 Å². The van der Waals surface area contributed by atoms with Crippen LogP contribution in [0.1, 0.15) is 68.6 Å². The summed E-state index contributed by atoms with van der Waals surface area (Å²) in [5.41, 5.74) is 8.37. The zero-order valence-electron chi connectivity index (χ0n) is 27.8. The van der Waals surface area contributed by atoms with E-state index in [1.807, 2.05) is 74.2 Å². The standard InChI is InChI=1S/C40H43N3O3/c1-27-8-12-29(13-9-27)30-18-22-35(23-19-30)43-26-33(25-41-43)31-14-10-28(11-15-31)24-36(38(45)46-40(5,6)7)42-37(44)32-16-20-34(21-17-32)39(2,3)4/h8-23,25-26,36H,24H2,1-7H3,(H,42,44)/t36-/m0/s1. The van der Waals surface area contributed by atoms with Gasteiger partial charge in [-0.3, -0.25) is 4.79 Å². The average molecular weight is 614 g/mol. The van der Waals surface area contributed by atoms with Gasteiger partial charge in [-0.1, -0.05) is 99.1 Å². The van der Waals surface area contributed by atoms with Gasteiger partial charge >= 0.3 is 5.97 Å². The van der Waals surface area contributed by atoms with E-state index < -0.39 is 17.6 Å². The number of esters is 1. The molecular weight excluding hydrogens is 570 g/mol. The maximum absolute atomic E-state index is 13.2. The predicted octanol–water partition coefficient (Wildman–Crippen LogP) is 8.50. The molecule has 0 aliphatic rings. The number of hydrogen-bond donors (Lipinski definition) is 1. The fourth-order valence-corrected chi connectivity index (χ4v) is 5.16. The first-order chi connectivity index (χ1) is 21.7. The van der Waals surface area contributed by atoms with Gasteiger partial charge in [0.05, 0.1) is 11.9 Å². The minimum atomic E-state index is -0.842. The van der Waals surface area contributed by atoms with Crippen molar-refractivity contribution in [3.8, 4) is 27.9 Å². The largest absolute Gasteiger partial charge is 0.458 e. The van der Waals surface area contributed by atoms with Crippen molar-refractivity contribution in [1.82, 2.24) is 15.1 Å². The van der Waals surface area contributed by atoms with Gasteiger partial charge in [-0.2, -0.15) is 5.10 Å². The second-order valence-corrected chi connectivity index (χ2v) is 13.9. The second kappa shape index (κ2) is 13.2. The number of aryl methyl sites for hydroxylation is 1. The van der Waals surface area contributed by atoms with Crippen LogP contribution in [0.4, 0.5) is 0 Å². The van der Waals surface area contributed by atoms with Crippen molar-refractivity contribution >= 4 is 11.9 Å². The summed E-state index contributed by atoms with van der Waals surface area (Å²) in [4.78, 5) is 26.4. The van der Waals surface area contributed by atoms with Gasteiger partial charge in [-0.25, -0.2) is 9.48 Å². The molecule has 1 amide bonds. The number of benzene rings is 4. The molecule has 236 valence electrons. The molecule has 1 N–H and O–H groups in total. The molecule has 46 heavy (non-hydrogen) atoms. The summed E-state index contributed by atoms with van der Waals surface area (Å²) < 4.78 is 7.55. The van der Waals surface area contributed by atoms with Gasteiger partial charge < -0.3 is 10.1 Å². The van der Waals surface area contributed by atoms with E-state index in [-0.39, 0.29) is 11.3 Å². The SMILES string of the molecule is Cc1ccc(-c2ccc(-n3cc(-c4ccc(C[C@H](NC(=O)c5ccc(C(C)(C)C)cc5)C(=O)OC(C)(C)C)cc4)cn3)cc2)cc1. The van der Waals surface area contributed by atoms with Crippen LogP contribution in [0.3, 0.4) is 0 Å². The number of nitrogens with one attached hydrogen (secondary N) is 1. The van der Waals surface area contributed by atoms with Crippen LogP contribution in [0.2, 0.25) is 0 Å². The molecule has 1 heterocycles. The quantitative estimate of drug-likeness (QED) is 0.178. The van der Waals surface area contributed by atoms with Gasteiger partial charge in [0.2, 0.25) is 0 Å². The molecular formula is C40H43N3O3. The van der Waals surface area contributed by atoms with Crippen LogP contribution in [0.15, 0.2) is 109 Å². The molecule has 6 nitrogen and oxygen atoms in total. The fourth-order valence-electron chi connectivity index (χ4n) is 5.16. The molecule has 0 aliphatic heterocycles. The maximum atomic E-state index is 13.2. The molecule has 1 atom stereocenters. The van der Waals surface area contributed by atoms with Crippen molar-refractivity contribution in [2.75, 3.05) is 0 Å². The minimum absolute atomic E-state index is 0.0214. The van der Waals surface area contributed by atoms with Crippen LogP contribution in [-0.4, -0.2) is 33.3 Å². The first-order valence-electron chi connectivity index (χ1n) is 15.7. The molecule has 0 fully saturated rings. The molecule has 0 unspecified atom stereocenters. The van der Waals surface area contributed by atoms with E-state index in [9.17, 15) is 9.59 Å². The number of nitrogens with zero attached hydrogens (tertiary/aromatic N) is 2. The lowest BCUT2D eigenvalue weighted by Crippen LogP contribution is -2.45. The number of ether oxygens (including phenoxy) is 1. The number of carbonyl (C=O) groups is 2. The summed E-state index contributed by atoms with van der Waals surface area (Å²) in [6, 6.07) is 31.5. The fraction of sp³-hybridized carbons (Fsp3) is 0.275. The van der Waals surface area contributed by atoms with Gasteiger partial charge in [0.25, 0.3) is 5.91 Å². The Kier molecular flexibility index (Phi) is 9.29. The third-order valence-electron chi connectivity index (χ3n) is 7.84. The smallest absolute Gasteiger partial charge is 0.329 e. The number of hydrogen-bond acceptors (Lipinski definition) is 4. The summed E-state index contributed by atoms with van der Waals surface area (Å²) in [6.07, 6.45) is 4.15. The highest BCUT2D eigenvalue weighted by molar-refractivity contribution is 5.97. The van der Waals surface area contributed by atoms with Crippen LogP contribution in [0.25, 0.3) is 27.9 Å². The van der Waals surface area contributed by atoms with Crippen LogP contribution < -0.4 is 5.32 Å². The highest BCUT2D eigenvalue weighted by atomic mass is 16.6. The summed E-state index contributed by atoms with van der Waals surface area (Å²) in [5.74, 6) is -0.779. The molecule has 4 aromatic carbocycles. The number of carbonyl (C=O) groups excluding carboxylic acids is 2. The van der Waals surface area contributed by atoms with E-state index in [2.05, 4.69) is 86.6 Å². The number of rotatable bonds is 8. The first kappa shape index (κ1) is 32.4. The molecule has 6 heteroatoms. The van der Waals surface area contributed by atoms with Gasteiger partial charge in [0.15, 0.2) is 0 Å². The van der Waals surface area contributed by atoms with Crippen molar-refractivity contribution in [2.45, 2.75) is 71.9 Å². The second-order valence-electron chi connectivity index (χ2n) is 13.9. The van der Waals surface area contributed by atoms with Crippen molar-refractivity contribution in [3.05, 3.63) is 132 Å². The Bertz CT molecular complexity index is 1790. The third kappa shape index (κ3) is 8.19. The van der Waals surface area contributed by atoms with E-state index in [1.165, 1.54) is 11.1 Å². The van der Waals surface area contributed by atoms with E-state index in [1.54, 1.807) is 12.1 Å². The van der Waals surface area contributed by atoms with Crippen LogP contribution >= 0.6 is 0 Å². The lowest BCUT2D eigenvalue weighted by atomic mass is 9.86. The Balaban J connectivity index is 1.29. The lowest BCUT2D eigenvalue weighted by molar-refractivity contribution is -0.157. The predicted molar refractivity (Wildman–Crippen MR) is 185 cm³/mol. The first-order valence-corrected chi connectivity index (χ1v) is 15.7. The molecule has 5 aromatic rings. The molecule has 5 rings (SSSR count). The topological polar surface area (TPSA) is 73.2 Å². The molecule has 0 aliphatic carbocycles. The van der Waals surface area contributed by atoms with Crippen molar-refractivity contribution in [3.63, 3.8) is 0 Å². The minimum Gasteiger partial charge on any atom is -0.458 e. The molecule has 0 saturated heterocycles. The van der Waals surface area contributed by atoms with Crippen molar-refractivity contribution < 1.29 is 14.3 Å². The lowest BCUT2D eigenvalue weighted by Gasteiger charge is -2.25. The number of aromatic nitrogens is 2. The van der Waals surface area contributed by atoms with Crippen molar-refractivity contribution in [1.29, 1.82) is 0 Å². The van der Waals surface area contributed by atoms with E-state index in [0.29, 0.717) is 12.0 Å². The summed E-state index contributed by atoms with van der Waals surface area (Å²) >= 11 is 0. The van der Waals surface area contributed by atoms with E-state index in [0.717, 1.165) is 33.5 Å². The molecule has 0 bridgehead atoms. The van der Waals surface area contributed by atoms with E-state index in [4.69, 9.17) is 4.74 Å². The molecule has 0 saturated carbocycles. The summed E-state index contributed by atoms with van der Waals surface area (Å²) in [7, 11) is 0. The van der Waals surface area contributed by atoms with Crippen LogP contribution in [0.5, 0.6) is 0 Å². The Hall–Kier alpha value is -4.97. The molecule has 0 spiro atoms. The maximum Gasteiger partial charge on any atom is 0.329 e. The third-order valence-corrected chi connectivity index (χ3v) is 7.84. The average Bonchev–Trinajstić information content (AvgIpc) is 3.51. The Labute approximate surface area is 272 Å². The van der Waals surface area contributed by atoms with Gasteiger partial charge in [-0.05, 0) is 85.2 Å². The van der Waals surface area contributed by atoms with E-state index >= 15 is 0 Å². The highest BCUT2D eigenvalue weighted by Crippen LogP contribution is 2.25. The van der Waals surface area contributed by atoms with Crippen LogP contribution in [-0.2, 0) is 21.4 Å². The van der Waals surface area contributed by atoms with Gasteiger partial charge in [0, 0.05) is 23.7 Å².